The van der Waals surface area contributed by atoms with Gasteiger partial charge in [0, 0.05) is 24.3 Å². The zero-order valence-corrected chi connectivity index (χ0v) is 19.7. The van der Waals surface area contributed by atoms with Crippen molar-refractivity contribution in [2.24, 2.45) is 0 Å². The van der Waals surface area contributed by atoms with Crippen LogP contribution in [0.25, 0.3) is 5.76 Å². The average molecular weight is 456 g/mol. The monoisotopic (exact) mass is 455 g/mol. The Morgan fingerprint density at radius 1 is 1.15 bits per heavy atom. The van der Waals surface area contributed by atoms with Crippen LogP contribution in [-0.4, -0.2) is 79.0 Å². The molecule has 33 heavy (non-hydrogen) atoms. The molecule has 1 aromatic carbocycles. The van der Waals surface area contributed by atoms with Gasteiger partial charge in [-0.15, -0.1) is 0 Å². The minimum Gasteiger partial charge on any atom is -0.507 e. The second-order valence-corrected chi connectivity index (χ2v) is 8.19. The number of benzene rings is 1. The summed E-state index contributed by atoms with van der Waals surface area (Å²) >= 11 is 0. The fraction of sp³-hybridized carbons (Fsp3) is 0.375. The van der Waals surface area contributed by atoms with Crippen molar-refractivity contribution in [3.05, 3.63) is 57.9 Å². The summed E-state index contributed by atoms with van der Waals surface area (Å²) in [6.45, 7) is 4.16. The summed E-state index contributed by atoms with van der Waals surface area (Å²) in [6.07, 6.45) is 0. The lowest BCUT2D eigenvalue weighted by molar-refractivity contribution is -0.140. The van der Waals surface area contributed by atoms with Crippen LogP contribution in [0.5, 0.6) is 5.75 Å². The van der Waals surface area contributed by atoms with Crippen molar-refractivity contribution in [3.8, 4) is 5.75 Å². The Hall–Kier alpha value is -3.59. The highest BCUT2D eigenvalue weighted by Gasteiger charge is 2.46. The van der Waals surface area contributed by atoms with Gasteiger partial charge >= 0.3 is 5.97 Å². The van der Waals surface area contributed by atoms with Crippen LogP contribution in [-0.2, 0) is 14.3 Å². The zero-order valence-electron chi connectivity index (χ0n) is 19.7. The number of Topliss-reactive ketones (excluding diaryl/α,β-unsaturated/α-hetero) is 1. The first-order valence-corrected chi connectivity index (χ1v) is 10.5. The lowest BCUT2D eigenvalue weighted by atomic mass is 9.94. The van der Waals surface area contributed by atoms with Crippen LogP contribution in [0.2, 0.25) is 0 Å². The molecule has 0 bridgehead atoms. The molecule has 1 aliphatic heterocycles. The number of aromatic amines is 1. The zero-order chi connectivity index (χ0) is 24.4. The second-order valence-electron chi connectivity index (χ2n) is 8.19. The number of likely N-dealkylation sites (tertiary alicyclic amines) is 1. The number of ether oxygens (including phenoxy) is 2. The molecule has 1 atom stereocenters. The van der Waals surface area contributed by atoms with Gasteiger partial charge in [0.2, 0.25) is 0 Å². The van der Waals surface area contributed by atoms with Crippen LogP contribution in [0.3, 0.4) is 0 Å². The molecule has 0 spiro atoms. The van der Waals surface area contributed by atoms with E-state index in [1.54, 1.807) is 45.2 Å². The van der Waals surface area contributed by atoms with Crippen molar-refractivity contribution in [2.45, 2.75) is 19.9 Å². The number of aryl methyl sites for hydroxylation is 1. The Morgan fingerprint density at radius 3 is 2.33 bits per heavy atom. The smallest absolute Gasteiger partial charge is 0.354 e. The molecule has 1 amide bonds. The summed E-state index contributed by atoms with van der Waals surface area (Å²) in [6, 6.07) is 6.23. The van der Waals surface area contributed by atoms with Crippen LogP contribution in [0, 0.1) is 13.8 Å². The van der Waals surface area contributed by atoms with E-state index in [2.05, 4.69) is 4.98 Å². The standard InChI is InChI=1S/C24H29N3O6/c1-13-17(14(2)25-19(13)24(31)33-6)21(28)18-20(15-7-9-16(32-5)10-8-15)27(12-11-26(3)4)23(30)22(18)29/h7-10,20,25,28H,11-12H2,1-6H3/b21-18+/t20-/m0/s1. The van der Waals surface area contributed by atoms with Gasteiger partial charge in [0.1, 0.15) is 17.2 Å². The van der Waals surface area contributed by atoms with Gasteiger partial charge in [-0.2, -0.15) is 0 Å². The largest absolute Gasteiger partial charge is 0.507 e. The first-order chi connectivity index (χ1) is 15.6. The third-order valence-electron chi connectivity index (χ3n) is 5.82. The van der Waals surface area contributed by atoms with E-state index >= 15 is 0 Å². The van der Waals surface area contributed by atoms with Crippen LogP contribution < -0.4 is 4.74 Å². The molecule has 9 heteroatoms. The maximum atomic E-state index is 13.2. The average Bonchev–Trinajstić information content (AvgIpc) is 3.23. The van der Waals surface area contributed by atoms with Crippen LogP contribution >= 0.6 is 0 Å². The molecule has 1 aromatic heterocycles. The SMILES string of the molecule is COC(=O)c1[nH]c(C)c(/C(O)=C2\C(=O)C(=O)N(CCN(C)C)[C@H]2c2ccc(OC)cc2)c1C. The van der Waals surface area contributed by atoms with Crippen molar-refractivity contribution in [3.63, 3.8) is 0 Å². The lowest BCUT2D eigenvalue weighted by Gasteiger charge is -2.26. The Labute approximate surface area is 192 Å². The molecule has 9 nitrogen and oxygen atoms in total. The number of H-pyrrole nitrogens is 1. The van der Waals surface area contributed by atoms with Gasteiger partial charge in [0.05, 0.1) is 25.8 Å². The van der Waals surface area contributed by atoms with E-state index in [1.807, 2.05) is 19.0 Å². The summed E-state index contributed by atoms with van der Waals surface area (Å²) in [4.78, 5) is 44.6. The number of carbonyl (C=O) groups excluding carboxylic acids is 3. The summed E-state index contributed by atoms with van der Waals surface area (Å²) < 4.78 is 10.0. The van der Waals surface area contributed by atoms with Crippen LogP contribution in [0.15, 0.2) is 29.8 Å². The van der Waals surface area contributed by atoms with E-state index in [0.29, 0.717) is 41.2 Å². The molecule has 1 fully saturated rings. The number of hydrogen-bond acceptors (Lipinski definition) is 7. The molecule has 0 aliphatic carbocycles. The number of aromatic nitrogens is 1. The second kappa shape index (κ2) is 9.50. The normalized spacial score (nSPS) is 17.7. The van der Waals surface area contributed by atoms with E-state index in [1.165, 1.54) is 12.0 Å². The van der Waals surface area contributed by atoms with Gasteiger partial charge < -0.3 is 29.4 Å². The van der Waals surface area contributed by atoms with Crippen LogP contribution in [0.1, 0.15) is 38.9 Å². The summed E-state index contributed by atoms with van der Waals surface area (Å²) in [5, 5.41) is 11.3. The highest BCUT2D eigenvalue weighted by molar-refractivity contribution is 6.46. The molecule has 0 saturated carbocycles. The number of aliphatic hydroxyl groups is 1. The summed E-state index contributed by atoms with van der Waals surface area (Å²) in [5.41, 5.74) is 2.04. The van der Waals surface area contributed by atoms with E-state index in [4.69, 9.17) is 9.47 Å². The number of amides is 1. The number of methoxy groups -OCH3 is 2. The van der Waals surface area contributed by atoms with Gasteiger partial charge in [0.25, 0.3) is 11.7 Å². The highest BCUT2D eigenvalue weighted by atomic mass is 16.5. The third kappa shape index (κ3) is 4.36. The number of carbonyl (C=O) groups is 3. The van der Waals surface area contributed by atoms with E-state index in [9.17, 15) is 19.5 Å². The molecular formula is C24H29N3O6. The molecular weight excluding hydrogens is 426 g/mol. The molecule has 0 unspecified atom stereocenters. The predicted molar refractivity (Wildman–Crippen MR) is 122 cm³/mol. The Morgan fingerprint density at radius 2 is 1.79 bits per heavy atom. The van der Waals surface area contributed by atoms with Gasteiger partial charge in [-0.25, -0.2) is 4.79 Å². The molecule has 3 rings (SSSR count). The van der Waals surface area contributed by atoms with E-state index in [0.717, 1.165) is 0 Å². The first-order valence-electron chi connectivity index (χ1n) is 10.5. The molecule has 176 valence electrons. The van der Waals surface area contributed by atoms with Gasteiger partial charge in [-0.1, -0.05) is 12.1 Å². The van der Waals surface area contributed by atoms with Crippen molar-refractivity contribution in [1.82, 2.24) is 14.8 Å². The maximum absolute atomic E-state index is 13.2. The predicted octanol–water partition coefficient (Wildman–Crippen LogP) is 2.41. The molecule has 0 radical (unpaired) electrons. The van der Waals surface area contributed by atoms with Crippen molar-refractivity contribution < 1.29 is 29.0 Å². The minimum absolute atomic E-state index is 0.0226. The van der Waals surface area contributed by atoms with E-state index in [-0.39, 0.29) is 17.0 Å². The van der Waals surface area contributed by atoms with Gasteiger partial charge in [-0.3, -0.25) is 9.59 Å². The lowest BCUT2D eigenvalue weighted by Crippen LogP contribution is -2.35. The first kappa shape index (κ1) is 24.1. The topological polar surface area (TPSA) is 112 Å². The molecule has 1 aliphatic rings. The summed E-state index contributed by atoms with van der Waals surface area (Å²) in [5.74, 6) is -1.75. The Bertz CT molecular complexity index is 1110. The number of hydrogen-bond donors (Lipinski definition) is 2. The number of aliphatic hydroxyl groups excluding tert-OH is 1. The molecule has 2 aromatic rings. The minimum atomic E-state index is -0.786. The number of nitrogens with zero attached hydrogens (tertiary/aromatic N) is 2. The molecule has 2 heterocycles. The van der Waals surface area contributed by atoms with Gasteiger partial charge in [0.15, 0.2) is 0 Å². The molecule has 1 saturated heterocycles. The maximum Gasteiger partial charge on any atom is 0.354 e. The fourth-order valence-electron chi connectivity index (χ4n) is 4.10. The van der Waals surface area contributed by atoms with Crippen LogP contribution in [0.4, 0.5) is 0 Å². The fourth-order valence-corrected chi connectivity index (χ4v) is 4.10. The number of esters is 1. The van der Waals surface area contributed by atoms with Gasteiger partial charge in [-0.05, 0) is 51.2 Å². The van der Waals surface area contributed by atoms with Crippen molar-refractivity contribution >= 4 is 23.4 Å². The van der Waals surface area contributed by atoms with Crippen molar-refractivity contribution in [1.29, 1.82) is 0 Å². The third-order valence-corrected chi connectivity index (χ3v) is 5.82. The number of ketones is 1. The molecule has 2 N–H and O–H groups in total. The Kier molecular flexibility index (Phi) is 6.92. The highest BCUT2D eigenvalue weighted by Crippen LogP contribution is 2.41. The van der Waals surface area contributed by atoms with E-state index < -0.39 is 23.7 Å². The Balaban J connectivity index is 2.21. The van der Waals surface area contributed by atoms with Crippen molar-refractivity contribution in [2.75, 3.05) is 41.4 Å². The number of nitrogens with one attached hydrogen (secondary N) is 1. The quantitative estimate of drug-likeness (QED) is 0.285. The summed E-state index contributed by atoms with van der Waals surface area (Å²) in [7, 11) is 6.56. The number of likely N-dealkylation sites (N-methyl/N-ethyl adjacent to an activating group) is 1. The number of rotatable bonds is 7.